The van der Waals surface area contributed by atoms with Gasteiger partial charge in [-0.05, 0) is 32.8 Å². The molecule has 1 aromatic carbocycles. The summed E-state index contributed by atoms with van der Waals surface area (Å²) in [4.78, 5) is 20.8. The first-order valence-corrected chi connectivity index (χ1v) is 10.7. The highest BCUT2D eigenvalue weighted by Crippen LogP contribution is 2.31. The summed E-state index contributed by atoms with van der Waals surface area (Å²) in [6.07, 6.45) is 3.01. The Morgan fingerprint density at radius 3 is 2.57 bits per heavy atom. The number of carbonyl (C=O) groups excluding carboxylic acids is 1. The van der Waals surface area contributed by atoms with E-state index in [2.05, 4.69) is 40.4 Å². The third-order valence-electron chi connectivity index (χ3n) is 5.74. The second-order valence-electron chi connectivity index (χ2n) is 8.37. The predicted octanol–water partition coefficient (Wildman–Crippen LogP) is 2.62. The van der Waals surface area contributed by atoms with E-state index in [-0.39, 0.29) is 42.5 Å². The summed E-state index contributed by atoms with van der Waals surface area (Å²) in [7, 11) is 3.52. The molecule has 2 aliphatic rings. The number of halogens is 1. The molecule has 2 aliphatic heterocycles. The average molecular weight is 529 g/mol. The van der Waals surface area contributed by atoms with E-state index < -0.39 is 0 Å². The first-order chi connectivity index (χ1) is 13.9. The van der Waals surface area contributed by atoms with E-state index in [1.54, 1.807) is 19.0 Å². The SMILES string of the molecule is CC(C)N1CCC(NC(=NCC(=O)N(C)C)NC2CCOc3ccccc32)CC1.I. The van der Waals surface area contributed by atoms with Gasteiger partial charge in [0.05, 0.1) is 12.6 Å². The van der Waals surface area contributed by atoms with Gasteiger partial charge in [-0.1, -0.05) is 18.2 Å². The zero-order valence-electron chi connectivity index (χ0n) is 18.6. The Morgan fingerprint density at radius 1 is 1.20 bits per heavy atom. The molecule has 1 saturated heterocycles. The van der Waals surface area contributed by atoms with Crippen molar-refractivity contribution in [1.82, 2.24) is 20.4 Å². The number of nitrogens with zero attached hydrogens (tertiary/aromatic N) is 3. The first-order valence-electron chi connectivity index (χ1n) is 10.7. The summed E-state index contributed by atoms with van der Waals surface area (Å²) in [5, 5.41) is 7.15. The number of likely N-dealkylation sites (N-methyl/N-ethyl adjacent to an activating group) is 1. The summed E-state index contributed by atoms with van der Waals surface area (Å²) >= 11 is 0. The molecule has 1 fully saturated rings. The molecule has 0 saturated carbocycles. The summed E-state index contributed by atoms with van der Waals surface area (Å²) in [5.41, 5.74) is 1.14. The van der Waals surface area contributed by atoms with Crippen molar-refractivity contribution in [2.24, 2.45) is 4.99 Å². The van der Waals surface area contributed by atoms with Crippen molar-refractivity contribution >= 4 is 35.8 Å². The Labute approximate surface area is 197 Å². The highest BCUT2D eigenvalue weighted by atomic mass is 127. The number of nitrogens with one attached hydrogen (secondary N) is 2. The van der Waals surface area contributed by atoms with E-state index in [1.165, 1.54) is 0 Å². The minimum atomic E-state index is -0.00638. The van der Waals surface area contributed by atoms with Gasteiger partial charge in [-0.25, -0.2) is 4.99 Å². The third-order valence-corrected chi connectivity index (χ3v) is 5.74. The fourth-order valence-electron chi connectivity index (χ4n) is 3.83. The lowest BCUT2D eigenvalue weighted by Crippen LogP contribution is -2.51. The summed E-state index contributed by atoms with van der Waals surface area (Å²) in [6.45, 7) is 7.47. The average Bonchev–Trinajstić information content (AvgIpc) is 2.72. The van der Waals surface area contributed by atoms with Gasteiger partial charge in [0, 0.05) is 51.3 Å². The lowest BCUT2D eigenvalue weighted by molar-refractivity contribution is -0.127. The molecule has 0 aromatic heterocycles. The number of carbonyl (C=O) groups is 1. The number of aliphatic imine (C=N–C) groups is 1. The van der Waals surface area contributed by atoms with E-state index in [1.807, 2.05) is 18.2 Å². The van der Waals surface area contributed by atoms with Crippen molar-refractivity contribution < 1.29 is 9.53 Å². The predicted molar refractivity (Wildman–Crippen MR) is 132 cm³/mol. The first kappa shape index (κ1) is 24.7. The monoisotopic (exact) mass is 529 g/mol. The van der Waals surface area contributed by atoms with Crippen LogP contribution in [0.3, 0.4) is 0 Å². The number of rotatable bonds is 5. The summed E-state index contributed by atoms with van der Waals surface area (Å²) in [6, 6.07) is 9.19. The maximum Gasteiger partial charge on any atom is 0.243 e. The fraction of sp³-hybridized carbons (Fsp3) is 0.636. The highest BCUT2D eigenvalue weighted by Gasteiger charge is 2.25. The fourth-order valence-corrected chi connectivity index (χ4v) is 3.83. The van der Waals surface area contributed by atoms with Crippen LogP contribution in [-0.2, 0) is 4.79 Å². The van der Waals surface area contributed by atoms with Gasteiger partial charge in [0.15, 0.2) is 5.96 Å². The lowest BCUT2D eigenvalue weighted by atomic mass is 10.0. The number of benzene rings is 1. The molecule has 0 radical (unpaired) electrons. The van der Waals surface area contributed by atoms with Gasteiger partial charge in [-0.3, -0.25) is 4.79 Å². The number of amides is 1. The largest absolute Gasteiger partial charge is 0.493 e. The van der Waals surface area contributed by atoms with Gasteiger partial charge in [0.1, 0.15) is 12.3 Å². The number of ether oxygens (including phenoxy) is 1. The number of hydrogen-bond donors (Lipinski definition) is 2. The van der Waals surface area contributed by atoms with Crippen molar-refractivity contribution in [2.75, 3.05) is 40.3 Å². The number of guanidine groups is 1. The molecule has 0 spiro atoms. The van der Waals surface area contributed by atoms with Gasteiger partial charge < -0.3 is 25.2 Å². The lowest BCUT2D eigenvalue weighted by Gasteiger charge is -2.36. The van der Waals surface area contributed by atoms with Crippen LogP contribution < -0.4 is 15.4 Å². The van der Waals surface area contributed by atoms with Gasteiger partial charge in [0.25, 0.3) is 0 Å². The Balaban J connectivity index is 0.00000320. The van der Waals surface area contributed by atoms with Gasteiger partial charge in [-0.15, -0.1) is 24.0 Å². The normalized spacial score (nSPS) is 20.0. The molecule has 1 atom stereocenters. The van der Waals surface area contributed by atoms with Crippen molar-refractivity contribution in [3.8, 4) is 5.75 Å². The van der Waals surface area contributed by atoms with Crippen LogP contribution in [-0.4, -0.2) is 74.1 Å². The molecule has 168 valence electrons. The molecule has 30 heavy (non-hydrogen) atoms. The van der Waals surface area contributed by atoms with Gasteiger partial charge in [0.2, 0.25) is 5.91 Å². The van der Waals surface area contributed by atoms with Crippen LogP contribution in [0, 0.1) is 0 Å². The van der Waals surface area contributed by atoms with E-state index in [4.69, 9.17) is 4.74 Å². The van der Waals surface area contributed by atoms with Crippen LogP contribution in [0.15, 0.2) is 29.3 Å². The standard InChI is InChI=1S/C22H35N5O2.HI/c1-16(2)27-12-9-17(10-13-27)24-22(23-15-21(28)26(3)4)25-19-11-14-29-20-8-6-5-7-18(19)20;/h5-8,16-17,19H,9-15H2,1-4H3,(H2,23,24,25);1H. The van der Waals surface area contributed by atoms with Gasteiger partial charge in [-0.2, -0.15) is 0 Å². The minimum Gasteiger partial charge on any atom is -0.493 e. The van der Waals surface area contributed by atoms with Crippen molar-refractivity contribution in [1.29, 1.82) is 0 Å². The second-order valence-corrected chi connectivity index (χ2v) is 8.37. The second kappa shape index (κ2) is 11.7. The van der Waals surface area contributed by atoms with E-state index >= 15 is 0 Å². The Kier molecular flexibility index (Phi) is 9.67. The molecule has 1 aromatic rings. The minimum absolute atomic E-state index is 0. The number of piperidine rings is 1. The van der Waals surface area contributed by atoms with Crippen molar-refractivity contribution in [2.45, 2.75) is 51.2 Å². The Morgan fingerprint density at radius 2 is 1.90 bits per heavy atom. The van der Waals surface area contributed by atoms with Crippen LogP contribution in [0.1, 0.15) is 44.7 Å². The van der Waals surface area contributed by atoms with E-state index in [0.29, 0.717) is 24.7 Å². The molecule has 1 unspecified atom stereocenters. The molecule has 7 nitrogen and oxygen atoms in total. The number of likely N-dealkylation sites (tertiary alicyclic amines) is 1. The number of fused-ring (bicyclic) bond motifs is 1. The molecule has 1 amide bonds. The summed E-state index contributed by atoms with van der Waals surface area (Å²) < 4.78 is 5.78. The van der Waals surface area contributed by atoms with Crippen molar-refractivity contribution in [3.63, 3.8) is 0 Å². The van der Waals surface area contributed by atoms with E-state index in [9.17, 15) is 4.79 Å². The summed E-state index contributed by atoms with van der Waals surface area (Å²) in [5.74, 6) is 1.63. The molecule has 3 rings (SSSR count). The van der Waals surface area contributed by atoms with Crippen LogP contribution in [0.4, 0.5) is 0 Å². The van der Waals surface area contributed by atoms with Crippen LogP contribution in [0.25, 0.3) is 0 Å². The Bertz CT molecular complexity index is 717. The molecular weight excluding hydrogens is 493 g/mol. The molecule has 8 heteroatoms. The molecule has 0 bridgehead atoms. The third kappa shape index (κ3) is 6.73. The molecule has 2 heterocycles. The van der Waals surface area contributed by atoms with Crippen molar-refractivity contribution in [3.05, 3.63) is 29.8 Å². The molecule has 0 aliphatic carbocycles. The smallest absolute Gasteiger partial charge is 0.243 e. The number of para-hydroxylation sites is 1. The highest BCUT2D eigenvalue weighted by molar-refractivity contribution is 14.0. The van der Waals surface area contributed by atoms with E-state index in [0.717, 1.165) is 43.7 Å². The molecule has 2 N–H and O–H groups in total. The zero-order chi connectivity index (χ0) is 20.8. The maximum absolute atomic E-state index is 12.1. The van der Waals surface area contributed by atoms with Gasteiger partial charge >= 0.3 is 0 Å². The van der Waals surface area contributed by atoms with Crippen LogP contribution in [0.2, 0.25) is 0 Å². The molecular formula is C22H36IN5O2. The number of hydrogen-bond acceptors (Lipinski definition) is 4. The maximum atomic E-state index is 12.1. The quantitative estimate of drug-likeness (QED) is 0.349. The topological polar surface area (TPSA) is 69.2 Å². The van der Waals surface area contributed by atoms with Crippen LogP contribution >= 0.6 is 24.0 Å². The zero-order valence-corrected chi connectivity index (χ0v) is 20.9. The van der Waals surface area contributed by atoms with Crippen LogP contribution in [0.5, 0.6) is 5.75 Å². The Hall–Kier alpha value is -1.55.